The molecule has 0 spiro atoms. The minimum atomic E-state index is -4.55. The second kappa shape index (κ2) is 10.7. The zero-order valence-electron chi connectivity index (χ0n) is 17.3. The number of hydrogen-bond donors (Lipinski definition) is 2. The van der Waals surface area contributed by atoms with E-state index in [2.05, 4.69) is 20.8 Å². The normalized spacial score (nSPS) is 11.3. The van der Waals surface area contributed by atoms with Gasteiger partial charge in [0, 0.05) is 12.1 Å². The van der Waals surface area contributed by atoms with E-state index in [9.17, 15) is 22.8 Å². The van der Waals surface area contributed by atoms with E-state index >= 15 is 0 Å². The molecule has 12 heteroatoms. The van der Waals surface area contributed by atoms with Gasteiger partial charge in [-0.25, -0.2) is 4.79 Å². The molecular weight excluding hydrogens is 479 g/mol. The van der Waals surface area contributed by atoms with Crippen LogP contribution in [0.1, 0.15) is 18.9 Å². The molecule has 0 fully saturated rings. The molecule has 7 nitrogen and oxygen atoms in total. The molecule has 0 saturated heterocycles. The molecule has 0 bridgehead atoms. The van der Waals surface area contributed by atoms with Crippen molar-refractivity contribution in [2.24, 2.45) is 0 Å². The molecule has 2 aromatic carbocycles. The van der Waals surface area contributed by atoms with Crippen LogP contribution in [-0.4, -0.2) is 39.0 Å². The summed E-state index contributed by atoms with van der Waals surface area (Å²) in [5, 5.41) is 13.4. The first-order valence-electron chi connectivity index (χ1n) is 9.79. The number of halogens is 4. The van der Waals surface area contributed by atoms with Crippen molar-refractivity contribution in [1.29, 1.82) is 0 Å². The Morgan fingerprint density at radius 2 is 1.88 bits per heavy atom. The monoisotopic (exact) mass is 497 g/mol. The Kier molecular flexibility index (Phi) is 7.98. The Morgan fingerprint density at radius 3 is 2.58 bits per heavy atom. The van der Waals surface area contributed by atoms with Crippen LogP contribution < -0.4 is 10.6 Å². The molecule has 1 heterocycles. The van der Waals surface area contributed by atoms with E-state index in [4.69, 9.17) is 11.6 Å². The predicted molar refractivity (Wildman–Crippen MR) is 119 cm³/mol. The van der Waals surface area contributed by atoms with Crippen molar-refractivity contribution in [1.82, 2.24) is 25.4 Å². The van der Waals surface area contributed by atoms with Gasteiger partial charge in [-0.3, -0.25) is 14.7 Å². The first-order chi connectivity index (χ1) is 15.7. The Labute approximate surface area is 196 Å². The Hall–Kier alpha value is -3.05. The highest BCUT2D eigenvalue weighted by molar-refractivity contribution is 7.99. The molecule has 1 aromatic heterocycles. The molecule has 3 rings (SSSR count). The topological polar surface area (TPSA) is 88.9 Å². The lowest BCUT2D eigenvalue weighted by molar-refractivity contribution is -0.137. The first kappa shape index (κ1) is 24.6. The maximum atomic E-state index is 13.3. The van der Waals surface area contributed by atoms with Crippen molar-refractivity contribution in [2.45, 2.75) is 24.7 Å². The van der Waals surface area contributed by atoms with Crippen molar-refractivity contribution >= 4 is 35.3 Å². The number of aromatic nitrogens is 3. The Balaban J connectivity index is 1.95. The largest absolute Gasteiger partial charge is 0.416 e. The molecule has 2 N–H and O–H groups in total. The van der Waals surface area contributed by atoms with Gasteiger partial charge in [0.25, 0.3) is 0 Å². The Morgan fingerprint density at radius 1 is 1.12 bits per heavy atom. The highest BCUT2D eigenvalue weighted by Gasteiger charge is 2.31. The number of benzene rings is 2. The highest BCUT2D eigenvalue weighted by atomic mass is 35.5. The van der Waals surface area contributed by atoms with E-state index < -0.39 is 23.7 Å². The van der Waals surface area contributed by atoms with E-state index in [1.807, 2.05) is 6.92 Å². The van der Waals surface area contributed by atoms with Crippen LogP contribution in [0.15, 0.2) is 53.7 Å². The molecule has 0 atom stereocenters. The van der Waals surface area contributed by atoms with E-state index in [0.717, 1.165) is 23.9 Å². The molecule has 0 aliphatic rings. The number of urea groups is 1. The molecule has 3 aromatic rings. The molecule has 0 radical (unpaired) electrons. The summed E-state index contributed by atoms with van der Waals surface area (Å²) < 4.78 is 41.3. The van der Waals surface area contributed by atoms with E-state index in [-0.39, 0.29) is 22.4 Å². The van der Waals surface area contributed by atoms with Gasteiger partial charge in [0.1, 0.15) is 0 Å². The average Bonchev–Trinajstić information content (AvgIpc) is 3.20. The lowest BCUT2D eigenvalue weighted by atomic mass is 10.1. The number of nitrogens with one attached hydrogen (secondary N) is 2. The smallest absolute Gasteiger partial charge is 0.338 e. The number of nitrogens with zero attached hydrogens (tertiary/aromatic N) is 3. The minimum Gasteiger partial charge on any atom is -0.338 e. The molecule has 174 valence electrons. The number of carbonyl (C=O) groups excluding carboxylic acids is 2. The number of rotatable bonds is 7. The Bertz CT molecular complexity index is 1150. The summed E-state index contributed by atoms with van der Waals surface area (Å²) in [5.74, 6) is -0.589. The van der Waals surface area contributed by atoms with Crippen molar-refractivity contribution in [2.75, 3.05) is 12.3 Å². The van der Waals surface area contributed by atoms with Crippen LogP contribution >= 0.6 is 23.4 Å². The minimum absolute atomic E-state index is 0.147. The fraction of sp³-hybridized carbons (Fsp3) is 0.238. The van der Waals surface area contributed by atoms with Crippen LogP contribution in [0, 0.1) is 0 Å². The number of alkyl halides is 3. The van der Waals surface area contributed by atoms with Crippen molar-refractivity contribution in [3.63, 3.8) is 0 Å². The van der Waals surface area contributed by atoms with Crippen molar-refractivity contribution in [3.05, 3.63) is 59.1 Å². The fourth-order valence-electron chi connectivity index (χ4n) is 2.81. The predicted octanol–water partition coefficient (Wildman–Crippen LogP) is 4.93. The van der Waals surface area contributed by atoms with Gasteiger partial charge in [0.15, 0.2) is 11.0 Å². The lowest BCUT2D eigenvalue weighted by Gasteiger charge is -2.13. The molecular formula is C21H19ClF3N5O2S. The van der Waals surface area contributed by atoms with Gasteiger partial charge in [-0.15, -0.1) is 10.2 Å². The van der Waals surface area contributed by atoms with Crippen molar-refractivity contribution < 1.29 is 22.8 Å². The highest BCUT2D eigenvalue weighted by Crippen LogP contribution is 2.34. The zero-order chi connectivity index (χ0) is 24.0. The van der Waals surface area contributed by atoms with E-state index in [0.29, 0.717) is 23.6 Å². The number of carbonyl (C=O) groups is 2. The van der Waals surface area contributed by atoms with Crippen LogP contribution in [0.4, 0.5) is 18.0 Å². The summed E-state index contributed by atoms with van der Waals surface area (Å²) in [6, 6.07) is 10.7. The van der Waals surface area contributed by atoms with Gasteiger partial charge in [0.2, 0.25) is 5.91 Å². The van der Waals surface area contributed by atoms with Gasteiger partial charge in [-0.05, 0) is 36.8 Å². The van der Waals surface area contributed by atoms with Crippen LogP contribution in [0.3, 0.4) is 0 Å². The number of amides is 3. The number of thioether (sulfide) groups is 1. The second-order valence-corrected chi connectivity index (χ2v) is 8.11. The maximum absolute atomic E-state index is 13.3. The maximum Gasteiger partial charge on any atom is 0.416 e. The average molecular weight is 498 g/mol. The van der Waals surface area contributed by atoms with Crippen molar-refractivity contribution in [3.8, 4) is 17.1 Å². The SMILES string of the molecule is CCCNC(=O)NC(=O)CSc1nnc(-c2ccccc2Cl)n1-c1cccc(C(F)(F)F)c1. The quantitative estimate of drug-likeness (QED) is 0.452. The van der Waals surface area contributed by atoms with Crippen LogP contribution in [-0.2, 0) is 11.0 Å². The van der Waals surface area contributed by atoms with Gasteiger partial charge in [-0.1, -0.05) is 48.5 Å². The van der Waals surface area contributed by atoms with Crippen LogP contribution in [0.2, 0.25) is 5.02 Å². The summed E-state index contributed by atoms with van der Waals surface area (Å²) in [4.78, 5) is 23.8. The number of imide groups is 1. The third kappa shape index (κ3) is 6.26. The molecule has 0 unspecified atom stereocenters. The van der Waals surface area contributed by atoms with Crippen LogP contribution in [0.5, 0.6) is 0 Å². The van der Waals surface area contributed by atoms with Crippen LogP contribution in [0.25, 0.3) is 17.1 Å². The number of hydrogen-bond acceptors (Lipinski definition) is 5. The summed E-state index contributed by atoms with van der Waals surface area (Å²) >= 11 is 7.20. The van der Waals surface area contributed by atoms with Gasteiger partial charge in [0.05, 0.1) is 22.0 Å². The van der Waals surface area contributed by atoms with Gasteiger partial charge >= 0.3 is 12.2 Å². The fourth-order valence-corrected chi connectivity index (χ4v) is 3.78. The van der Waals surface area contributed by atoms with Gasteiger partial charge < -0.3 is 5.32 Å². The lowest BCUT2D eigenvalue weighted by Crippen LogP contribution is -2.40. The third-order valence-electron chi connectivity index (χ3n) is 4.30. The zero-order valence-corrected chi connectivity index (χ0v) is 18.9. The summed E-state index contributed by atoms with van der Waals surface area (Å²) in [6.07, 6.45) is -3.84. The summed E-state index contributed by atoms with van der Waals surface area (Å²) in [7, 11) is 0. The van der Waals surface area contributed by atoms with E-state index in [1.165, 1.54) is 16.7 Å². The molecule has 0 aliphatic carbocycles. The molecule has 33 heavy (non-hydrogen) atoms. The second-order valence-electron chi connectivity index (χ2n) is 6.76. The molecule has 3 amide bonds. The summed E-state index contributed by atoms with van der Waals surface area (Å²) in [5.41, 5.74) is -0.243. The molecule has 0 aliphatic heterocycles. The summed E-state index contributed by atoms with van der Waals surface area (Å²) in [6.45, 7) is 2.28. The first-order valence-corrected chi connectivity index (χ1v) is 11.2. The molecule has 0 saturated carbocycles. The van der Waals surface area contributed by atoms with Gasteiger partial charge in [-0.2, -0.15) is 13.2 Å². The third-order valence-corrected chi connectivity index (χ3v) is 5.56. The standard InChI is InChI=1S/C21H19ClF3N5O2S/c1-2-10-26-19(32)27-17(31)12-33-20-29-28-18(15-8-3-4-9-16(15)22)30(20)14-7-5-6-13(11-14)21(23,24)25/h3-9,11H,2,10,12H2,1H3,(H2,26,27,31,32). The van der Waals surface area contributed by atoms with E-state index in [1.54, 1.807) is 24.3 Å².